The molecule has 0 aromatic heterocycles. The molecule has 8 heteroatoms. The van der Waals surface area contributed by atoms with Gasteiger partial charge in [0.15, 0.2) is 0 Å². The normalized spacial score (nSPS) is 12.3. The number of benzene rings is 2. The molecule has 0 aliphatic carbocycles. The SMILES string of the molecule is O=C(CNC(=O)C(Sc1ccccc1)c1ccccc1)NCC(F)(F)F. The molecule has 0 spiro atoms. The van der Waals surface area contributed by atoms with Crippen molar-refractivity contribution in [2.75, 3.05) is 13.1 Å². The smallest absolute Gasteiger partial charge is 0.346 e. The third kappa shape index (κ3) is 6.79. The fraction of sp³-hybridized carbons (Fsp3) is 0.222. The minimum absolute atomic E-state index is 0.452. The van der Waals surface area contributed by atoms with E-state index in [0.717, 1.165) is 10.5 Å². The number of halogens is 3. The lowest BCUT2D eigenvalue weighted by Crippen LogP contribution is -2.41. The van der Waals surface area contributed by atoms with E-state index in [4.69, 9.17) is 0 Å². The van der Waals surface area contributed by atoms with Gasteiger partial charge in [0.2, 0.25) is 11.8 Å². The van der Waals surface area contributed by atoms with Crippen molar-refractivity contribution in [3.05, 3.63) is 66.2 Å². The first-order valence-electron chi connectivity index (χ1n) is 7.73. The van der Waals surface area contributed by atoms with Gasteiger partial charge in [0.05, 0.1) is 6.54 Å². The Labute approximate surface area is 153 Å². The van der Waals surface area contributed by atoms with Gasteiger partial charge >= 0.3 is 6.18 Å². The van der Waals surface area contributed by atoms with Crippen molar-refractivity contribution in [2.45, 2.75) is 16.3 Å². The molecule has 0 fully saturated rings. The van der Waals surface area contributed by atoms with Crippen molar-refractivity contribution in [1.82, 2.24) is 10.6 Å². The Morgan fingerprint density at radius 1 is 0.923 bits per heavy atom. The summed E-state index contributed by atoms with van der Waals surface area (Å²) in [7, 11) is 0. The Hall–Kier alpha value is -2.48. The van der Waals surface area contributed by atoms with Gasteiger partial charge in [-0.3, -0.25) is 9.59 Å². The third-order valence-corrected chi connectivity index (χ3v) is 4.51. The molecule has 0 bridgehead atoms. The first-order chi connectivity index (χ1) is 12.3. The topological polar surface area (TPSA) is 58.2 Å². The summed E-state index contributed by atoms with van der Waals surface area (Å²) in [4.78, 5) is 24.9. The summed E-state index contributed by atoms with van der Waals surface area (Å²) in [6, 6.07) is 18.2. The van der Waals surface area contributed by atoms with E-state index in [1.54, 1.807) is 29.6 Å². The van der Waals surface area contributed by atoms with Crippen LogP contribution >= 0.6 is 11.8 Å². The lowest BCUT2D eigenvalue weighted by Gasteiger charge is -2.17. The van der Waals surface area contributed by atoms with E-state index in [-0.39, 0.29) is 0 Å². The maximum atomic E-state index is 12.5. The van der Waals surface area contributed by atoms with E-state index in [1.807, 2.05) is 36.4 Å². The van der Waals surface area contributed by atoms with Gasteiger partial charge in [-0.2, -0.15) is 13.2 Å². The Morgan fingerprint density at radius 2 is 1.50 bits per heavy atom. The van der Waals surface area contributed by atoms with Crippen LogP contribution in [0, 0.1) is 0 Å². The summed E-state index contributed by atoms with van der Waals surface area (Å²) in [5.74, 6) is -1.35. The highest BCUT2D eigenvalue weighted by atomic mass is 32.2. The molecule has 0 aliphatic heterocycles. The molecule has 0 saturated carbocycles. The molecule has 26 heavy (non-hydrogen) atoms. The zero-order valence-corrected chi connectivity index (χ0v) is 14.4. The van der Waals surface area contributed by atoms with Gasteiger partial charge in [-0.05, 0) is 17.7 Å². The predicted octanol–water partition coefficient (Wildman–Crippen LogP) is 3.31. The largest absolute Gasteiger partial charge is 0.405 e. The Bertz CT molecular complexity index is 724. The van der Waals surface area contributed by atoms with Crippen molar-refractivity contribution in [3.8, 4) is 0 Å². The number of rotatable bonds is 7. The number of hydrogen-bond acceptors (Lipinski definition) is 3. The summed E-state index contributed by atoms with van der Waals surface area (Å²) < 4.78 is 36.3. The number of alkyl halides is 3. The lowest BCUT2D eigenvalue weighted by molar-refractivity contribution is -0.138. The van der Waals surface area contributed by atoms with E-state index in [1.165, 1.54) is 11.8 Å². The van der Waals surface area contributed by atoms with E-state index in [9.17, 15) is 22.8 Å². The Kier molecular flexibility index (Phi) is 7.08. The lowest BCUT2D eigenvalue weighted by atomic mass is 10.1. The highest BCUT2D eigenvalue weighted by Crippen LogP contribution is 2.35. The van der Waals surface area contributed by atoms with Gasteiger partial charge in [-0.15, -0.1) is 11.8 Å². The molecular formula is C18H17F3N2O2S. The number of hydrogen-bond donors (Lipinski definition) is 2. The summed E-state index contributed by atoms with van der Waals surface area (Å²) in [6.07, 6.45) is -4.49. The van der Waals surface area contributed by atoms with Crippen LogP contribution in [0.25, 0.3) is 0 Å². The first-order valence-corrected chi connectivity index (χ1v) is 8.61. The van der Waals surface area contributed by atoms with E-state index in [0.29, 0.717) is 0 Å². The predicted molar refractivity (Wildman–Crippen MR) is 93.6 cm³/mol. The number of carbonyl (C=O) groups is 2. The van der Waals surface area contributed by atoms with Crippen LogP contribution in [0.5, 0.6) is 0 Å². The molecule has 2 aromatic rings. The quantitative estimate of drug-likeness (QED) is 0.723. The van der Waals surface area contributed by atoms with Crippen molar-refractivity contribution in [3.63, 3.8) is 0 Å². The molecule has 0 saturated heterocycles. The van der Waals surface area contributed by atoms with Crippen molar-refractivity contribution in [2.24, 2.45) is 0 Å². The number of carbonyl (C=O) groups excluding carboxylic acids is 2. The maximum Gasteiger partial charge on any atom is 0.405 e. The number of amides is 2. The average Bonchev–Trinajstić information content (AvgIpc) is 2.63. The van der Waals surface area contributed by atoms with Crippen LogP contribution in [0.15, 0.2) is 65.6 Å². The van der Waals surface area contributed by atoms with Crippen LogP contribution in [0.4, 0.5) is 13.2 Å². The van der Waals surface area contributed by atoms with Crippen LogP contribution in [0.1, 0.15) is 10.8 Å². The van der Waals surface area contributed by atoms with E-state index in [2.05, 4.69) is 5.32 Å². The molecule has 4 nitrogen and oxygen atoms in total. The summed E-state index contributed by atoms with van der Waals surface area (Å²) in [6.45, 7) is -1.95. The molecule has 1 atom stereocenters. The van der Waals surface area contributed by atoms with Gasteiger partial charge in [-0.1, -0.05) is 48.5 Å². The van der Waals surface area contributed by atoms with Crippen LogP contribution in [0.2, 0.25) is 0 Å². The zero-order chi connectivity index (χ0) is 19.0. The second-order valence-electron chi connectivity index (χ2n) is 5.33. The minimum atomic E-state index is -4.49. The van der Waals surface area contributed by atoms with Gasteiger partial charge in [0.25, 0.3) is 0 Å². The molecule has 0 aliphatic rings. The molecule has 2 aromatic carbocycles. The standard InChI is InChI=1S/C18H17F3N2O2S/c19-18(20,21)12-23-15(24)11-22-17(25)16(13-7-3-1-4-8-13)26-14-9-5-2-6-10-14/h1-10,16H,11-12H2,(H,22,25)(H,23,24). The molecule has 1 unspecified atom stereocenters. The number of thioether (sulfide) groups is 1. The third-order valence-electron chi connectivity index (χ3n) is 3.25. The van der Waals surface area contributed by atoms with Crippen molar-refractivity contribution in [1.29, 1.82) is 0 Å². The molecule has 138 valence electrons. The number of nitrogens with one attached hydrogen (secondary N) is 2. The highest BCUT2D eigenvalue weighted by Gasteiger charge is 2.28. The van der Waals surface area contributed by atoms with E-state index < -0.39 is 36.3 Å². The van der Waals surface area contributed by atoms with E-state index >= 15 is 0 Å². The van der Waals surface area contributed by atoms with Crippen molar-refractivity contribution < 1.29 is 22.8 Å². The molecule has 0 heterocycles. The van der Waals surface area contributed by atoms with Crippen LogP contribution in [-0.2, 0) is 9.59 Å². The monoisotopic (exact) mass is 382 g/mol. The molecule has 2 rings (SSSR count). The summed E-state index contributed by atoms with van der Waals surface area (Å²) >= 11 is 1.30. The first kappa shape index (κ1) is 19.8. The minimum Gasteiger partial charge on any atom is -0.346 e. The molecular weight excluding hydrogens is 365 g/mol. The van der Waals surface area contributed by atoms with Gasteiger partial charge in [0, 0.05) is 4.90 Å². The fourth-order valence-corrected chi connectivity index (χ4v) is 3.13. The van der Waals surface area contributed by atoms with Crippen LogP contribution in [-0.4, -0.2) is 31.1 Å². The Balaban J connectivity index is 2.01. The van der Waals surface area contributed by atoms with Gasteiger partial charge < -0.3 is 10.6 Å². The fourth-order valence-electron chi connectivity index (χ4n) is 2.06. The Morgan fingerprint density at radius 3 is 2.08 bits per heavy atom. The maximum absolute atomic E-state index is 12.5. The average molecular weight is 382 g/mol. The summed E-state index contributed by atoms with van der Waals surface area (Å²) in [5.41, 5.74) is 0.731. The molecule has 2 amide bonds. The van der Waals surface area contributed by atoms with Gasteiger partial charge in [0.1, 0.15) is 11.8 Å². The van der Waals surface area contributed by atoms with Crippen molar-refractivity contribution >= 4 is 23.6 Å². The van der Waals surface area contributed by atoms with Crippen LogP contribution < -0.4 is 10.6 Å². The second-order valence-corrected chi connectivity index (χ2v) is 6.51. The molecule has 2 N–H and O–H groups in total. The van der Waals surface area contributed by atoms with Crippen LogP contribution in [0.3, 0.4) is 0 Å². The highest BCUT2D eigenvalue weighted by molar-refractivity contribution is 8.00. The molecule has 0 radical (unpaired) electrons. The second kappa shape index (κ2) is 9.28. The summed E-state index contributed by atoms with van der Waals surface area (Å²) in [5, 5.41) is 3.49. The van der Waals surface area contributed by atoms with Gasteiger partial charge in [-0.25, -0.2) is 0 Å². The zero-order valence-electron chi connectivity index (χ0n) is 13.6.